The monoisotopic (exact) mass is 302 g/mol. The van der Waals surface area contributed by atoms with Crippen LogP contribution in [0.5, 0.6) is 0 Å². The number of likely N-dealkylation sites (tertiary alicyclic amines) is 1. The van der Waals surface area contributed by atoms with Gasteiger partial charge in [-0.2, -0.15) is 0 Å². The van der Waals surface area contributed by atoms with E-state index < -0.39 is 0 Å². The minimum Gasteiger partial charge on any atom is -0.361 e. The highest BCUT2D eigenvalue weighted by atomic mass is 16.5. The second-order valence-electron chi connectivity index (χ2n) is 6.14. The Morgan fingerprint density at radius 1 is 1.36 bits per heavy atom. The molecule has 0 N–H and O–H groups in total. The third kappa shape index (κ3) is 2.53. The quantitative estimate of drug-likeness (QED) is 0.854. The van der Waals surface area contributed by atoms with E-state index in [2.05, 4.69) is 14.7 Å². The lowest BCUT2D eigenvalue weighted by Gasteiger charge is -2.32. The molecule has 22 heavy (non-hydrogen) atoms. The summed E-state index contributed by atoms with van der Waals surface area (Å²) in [6.45, 7) is 7.08. The normalized spacial score (nSPS) is 18.7. The van der Waals surface area contributed by atoms with Crippen LogP contribution in [0.4, 0.5) is 0 Å². The van der Waals surface area contributed by atoms with E-state index in [1.165, 1.54) is 0 Å². The number of hydrogen-bond donors (Lipinski definition) is 0. The summed E-state index contributed by atoms with van der Waals surface area (Å²) in [5.41, 5.74) is 2.29. The van der Waals surface area contributed by atoms with Gasteiger partial charge in [-0.25, -0.2) is 4.98 Å². The molecule has 1 amide bonds. The maximum atomic E-state index is 12.8. The zero-order valence-electron chi connectivity index (χ0n) is 13.6. The van der Waals surface area contributed by atoms with Crippen molar-refractivity contribution in [3.8, 4) is 0 Å². The Morgan fingerprint density at radius 2 is 2.14 bits per heavy atom. The highest BCUT2D eigenvalue weighted by Gasteiger charge is 2.30. The molecule has 1 atom stereocenters. The number of aromatic nitrogens is 3. The molecule has 6 heteroatoms. The molecule has 1 saturated heterocycles. The average Bonchev–Trinajstić information content (AvgIpc) is 3.00. The van der Waals surface area contributed by atoms with E-state index in [-0.39, 0.29) is 11.8 Å². The first-order chi connectivity index (χ1) is 10.5. The molecule has 2 aromatic rings. The molecule has 1 fully saturated rings. The van der Waals surface area contributed by atoms with E-state index in [1.807, 2.05) is 32.0 Å². The lowest BCUT2D eigenvalue weighted by Crippen LogP contribution is -2.40. The highest BCUT2D eigenvalue weighted by Crippen LogP contribution is 2.28. The Labute approximate surface area is 130 Å². The fraction of sp³-hybridized carbons (Fsp3) is 0.562. The molecule has 0 saturated carbocycles. The Morgan fingerprint density at radius 3 is 2.73 bits per heavy atom. The van der Waals surface area contributed by atoms with Crippen molar-refractivity contribution in [2.24, 2.45) is 7.05 Å². The Hall–Kier alpha value is -2.11. The molecule has 0 aliphatic carbocycles. The van der Waals surface area contributed by atoms with Crippen molar-refractivity contribution in [2.45, 2.75) is 39.5 Å². The minimum absolute atomic E-state index is 0.0203. The zero-order chi connectivity index (χ0) is 15.9. The summed E-state index contributed by atoms with van der Waals surface area (Å²) in [6, 6.07) is 0. The topological polar surface area (TPSA) is 64.2 Å². The van der Waals surface area contributed by atoms with Crippen LogP contribution in [0.3, 0.4) is 0 Å². The SMILES string of the molecule is Cc1cn(C)c([C@H]2CCCN(C(=O)c3c(C)noc3C)C2)n1. The summed E-state index contributed by atoms with van der Waals surface area (Å²) in [7, 11) is 2.02. The van der Waals surface area contributed by atoms with Gasteiger partial charge in [0.25, 0.3) is 5.91 Å². The van der Waals surface area contributed by atoms with Crippen LogP contribution in [-0.4, -0.2) is 38.6 Å². The van der Waals surface area contributed by atoms with Crippen LogP contribution in [0, 0.1) is 20.8 Å². The van der Waals surface area contributed by atoms with E-state index in [4.69, 9.17) is 4.52 Å². The van der Waals surface area contributed by atoms with Crippen molar-refractivity contribution in [1.82, 2.24) is 19.6 Å². The predicted octanol–water partition coefficient (Wildman–Crippen LogP) is 2.35. The molecule has 0 radical (unpaired) electrons. The van der Waals surface area contributed by atoms with Crippen molar-refractivity contribution < 1.29 is 9.32 Å². The van der Waals surface area contributed by atoms with Crippen molar-refractivity contribution in [2.75, 3.05) is 13.1 Å². The molecule has 0 unspecified atom stereocenters. The first-order valence-corrected chi connectivity index (χ1v) is 7.69. The van der Waals surface area contributed by atoms with Crippen LogP contribution in [0.15, 0.2) is 10.7 Å². The second kappa shape index (κ2) is 5.59. The third-order valence-electron chi connectivity index (χ3n) is 4.35. The van der Waals surface area contributed by atoms with Crippen molar-refractivity contribution >= 4 is 5.91 Å². The fourth-order valence-corrected chi connectivity index (χ4v) is 3.33. The summed E-state index contributed by atoms with van der Waals surface area (Å²) < 4.78 is 7.20. The number of nitrogens with zero attached hydrogens (tertiary/aromatic N) is 4. The van der Waals surface area contributed by atoms with Gasteiger partial charge in [0.2, 0.25) is 0 Å². The molecule has 118 valence electrons. The first-order valence-electron chi connectivity index (χ1n) is 7.69. The molecule has 1 aliphatic heterocycles. The van der Waals surface area contributed by atoms with E-state index in [9.17, 15) is 4.79 Å². The lowest BCUT2D eigenvalue weighted by molar-refractivity contribution is 0.0701. The summed E-state index contributed by atoms with van der Waals surface area (Å²) in [6.07, 6.45) is 4.09. The maximum absolute atomic E-state index is 12.8. The maximum Gasteiger partial charge on any atom is 0.259 e. The van der Waals surface area contributed by atoms with Gasteiger partial charge >= 0.3 is 0 Å². The van der Waals surface area contributed by atoms with Crippen molar-refractivity contribution in [3.05, 3.63) is 34.7 Å². The highest BCUT2D eigenvalue weighted by molar-refractivity contribution is 5.96. The molecule has 0 aromatic carbocycles. The largest absolute Gasteiger partial charge is 0.361 e. The smallest absolute Gasteiger partial charge is 0.259 e. The van der Waals surface area contributed by atoms with Gasteiger partial charge in [-0.05, 0) is 33.6 Å². The number of imidazole rings is 1. The van der Waals surface area contributed by atoms with Crippen molar-refractivity contribution in [3.63, 3.8) is 0 Å². The summed E-state index contributed by atoms with van der Waals surface area (Å²) >= 11 is 0. The molecule has 3 rings (SSSR count). The van der Waals surface area contributed by atoms with Gasteiger partial charge in [0.1, 0.15) is 17.1 Å². The van der Waals surface area contributed by atoms with Gasteiger partial charge in [0, 0.05) is 32.3 Å². The van der Waals surface area contributed by atoms with Crippen LogP contribution in [-0.2, 0) is 7.05 Å². The van der Waals surface area contributed by atoms with E-state index in [1.54, 1.807) is 6.92 Å². The van der Waals surface area contributed by atoms with E-state index in [0.29, 0.717) is 23.6 Å². The van der Waals surface area contributed by atoms with Crippen LogP contribution in [0.1, 0.15) is 52.1 Å². The lowest BCUT2D eigenvalue weighted by atomic mass is 9.96. The summed E-state index contributed by atoms with van der Waals surface area (Å²) in [5, 5.41) is 3.89. The van der Waals surface area contributed by atoms with Crippen molar-refractivity contribution in [1.29, 1.82) is 0 Å². The van der Waals surface area contributed by atoms with Crippen LogP contribution in [0.2, 0.25) is 0 Å². The Bertz CT molecular complexity index is 682. The molecular weight excluding hydrogens is 280 g/mol. The Kier molecular flexibility index (Phi) is 3.76. The standard InChI is InChI=1S/C16H22N4O2/c1-10-8-19(4)15(17-10)13-6-5-7-20(9-13)16(21)14-11(2)18-22-12(14)3/h8,13H,5-7,9H2,1-4H3/t13-/m0/s1. The fourth-order valence-electron chi connectivity index (χ4n) is 3.33. The number of piperidine rings is 1. The molecule has 1 aliphatic rings. The first kappa shape index (κ1) is 14.8. The third-order valence-corrected chi connectivity index (χ3v) is 4.35. The number of aryl methyl sites for hydroxylation is 4. The molecular formula is C16H22N4O2. The van der Waals surface area contributed by atoms with Gasteiger partial charge in [0.05, 0.1) is 11.4 Å². The molecule has 2 aromatic heterocycles. The van der Waals surface area contributed by atoms with Gasteiger partial charge in [-0.1, -0.05) is 5.16 Å². The number of carbonyl (C=O) groups excluding carboxylic acids is 1. The molecule has 0 spiro atoms. The molecule has 3 heterocycles. The molecule has 6 nitrogen and oxygen atoms in total. The van der Waals surface area contributed by atoms with Gasteiger partial charge in [-0.3, -0.25) is 4.79 Å². The number of hydrogen-bond acceptors (Lipinski definition) is 4. The number of amides is 1. The van der Waals surface area contributed by atoms with Gasteiger partial charge < -0.3 is 14.0 Å². The summed E-state index contributed by atoms with van der Waals surface area (Å²) in [5.74, 6) is 1.97. The van der Waals surface area contributed by atoms with Gasteiger partial charge in [0.15, 0.2) is 0 Å². The average molecular weight is 302 g/mol. The minimum atomic E-state index is 0.0203. The van der Waals surface area contributed by atoms with E-state index >= 15 is 0 Å². The van der Waals surface area contributed by atoms with Crippen LogP contribution in [0.25, 0.3) is 0 Å². The van der Waals surface area contributed by atoms with E-state index in [0.717, 1.165) is 30.9 Å². The zero-order valence-corrected chi connectivity index (χ0v) is 13.6. The Balaban J connectivity index is 1.81. The number of carbonyl (C=O) groups is 1. The van der Waals surface area contributed by atoms with Gasteiger partial charge in [-0.15, -0.1) is 0 Å². The second-order valence-corrected chi connectivity index (χ2v) is 6.14. The summed E-state index contributed by atoms with van der Waals surface area (Å²) in [4.78, 5) is 19.3. The van der Waals surface area contributed by atoms with Crippen LogP contribution >= 0.6 is 0 Å². The predicted molar refractivity (Wildman–Crippen MR) is 81.8 cm³/mol. The molecule has 0 bridgehead atoms. The van der Waals surface area contributed by atoms with Crippen LogP contribution < -0.4 is 0 Å². The number of rotatable bonds is 2.